The van der Waals surface area contributed by atoms with Gasteiger partial charge in [-0.1, -0.05) is 12.1 Å². The number of hydrogen-bond donors (Lipinski definition) is 0. The number of nitrogens with zero attached hydrogens (tertiary/aromatic N) is 2. The molecule has 0 radical (unpaired) electrons. The van der Waals surface area contributed by atoms with E-state index in [0.717, 1.165) is 37.1 Å². The standard InChI is InChI=1S/C13H14N2O2/c16-13-14-12(15-8-4-1-5-9-15)10-6-2-3-7-11(10)17-13/h2-3,6-7H,1,4-5,8-9H2. The number of aromatic nitrogens is 1. The first-order valence-corrected chi connectivity index (χ1v) is 5.99. The summed E-state index contributed by atoms with van der Waals surface area (Å²) in [5, 5.41) is 0.925. The van der Waals surface area contributed by atoms with Crippen LogP contribution in [0.5, 0.6) is 0 Å². The number of anilines is 1. The van der Waals surface area contributed by atoms with Gasteiger partial charge in [0.15, 0.2) is 0 Å². The third-order valence-electron chi connectivity index (χ3n) is 3.18. The first kappa shape index (κ1) is 10.3. The van der Waals surface area contributed by atoms with E-state index in [-0.39, 0.29) is 0 Å². The molecule has 4 nitrogen and oxygen atoms in total. The Kier molecular flexibility index (Phi) is 2.55. The molecular weight excluding hydrogens is 216 g/mol. The van der Waals surface area contributed by atoms with Gasteiger partial charge in [0.2, 0.25) is 0 Å². The van der Waals surface area contributed by atoms with Gasteiger partial charge in [-0.05, 0) is 31.4 Å². The number of rotatable bonds is 1. The summed E-state index contributed by atoms with van der Waals surface area (Å²) in [5.41, 5.74) is 0.619. The lowest BCUT2D eigenvalue weighted by molar-refractivity contribution is 0.522. The summed E-state index contributed by atoms with van der Waals surface area (Å²) in [6.45, 7) is 1.95. The summed E-state index contributed by atoms with van der Waals surface area (Å²) >= 11 is 0. The van der Waals surface area contributed by atoms with Crippen LogP contribution in [-0.2, 0) is 0 Å². The molecule has 1 aliphatic heterocycles. The normalized spacial score (nSPS) is 16.4. The Bertz CT molecular complexity index is 585. The van der Waals surface area contributed by atoms with Crippen LogP contribution in [0.15, 0.2) is 33.5 Å². The van der Waals surface area contributed by atoms with E-state index in [1.165, 1.54) is 6.42 Å². The monoisotopic (exact) mass is 230 g/mol. The number of benzene rings is 1. The number of piperidine rings is 1. The van der Waals surface area contributed by atoms with Crippen LogP contribution in [-0.4, -0.2) is 18.1 Å². The fourth-order valence-corrected chi connectivity index (χ4v) is 2.35. The zero-order valence-electron chi connectivity index (χ0n) is 9.56. The molecule has 0 spiro atoms. The lowest BCUT2D eigenvalue weighted by Gasteiger charge is -2.27. The summed E-state index contributed by atoms with van der Waals surface area (Å²) in [6, 6.07) is 7.57. The molecule has 17 heavy (non-hydrogen) atoms. The molecule has 1 aromatic heterocycles. The molecule has 2 heterocycles. The van der Waals surface area contributed by atoms with E-state index in [2.05, 4.69) is 9.88 Å². The quantitative estimate of drug-likeness (QED) is 0.753. The van der Waals surface area contributed by atoms with Crippen LogP contribution in [0.2, 0.25) is 0 Å². The van der Waals surface area contributed by atoms with Crippen molar-refractivity contribution < 1.29 is 4.42 Å². The van der Waals surface area contributed by atoms with Crippen molar-refractivity contribution >= 4 is 16.8 Å². The van der Waals surface area contributed by atoms with Crippen LogP contribution in [0.4, 0.5) is 5.82 Å². The minimum Gasteiger partial charge on any atom is -0.408 e. The topological polar surface area (TPSA) is 46.3 Å². The van der Waals surface area contributed by atoms with Crippen molar-refractivity contribution in [2.24, 2.45) is 0 Å². The first-order valence-electron chi connectivity index (χ1n) is 5.99. The summed E-state index contributed by atoms with van der Waals surface area (Å²) in [4.78, 5) is 17.7. The minimum atomic E-state index is -0.510. The molecule has 0 amide bonds. The van der Waals surface area contributed by atoms with Gasteiger partial charge in [-0.3, -0.25) is 0 Å². The van der Waals surface area contributed by atoms with E-state index in [9.17, 15) is 4.79 Å². The van der Waals surface area contributed by atoms with Crippen LogP contribution in [0.25, 0.3) is 11.0 Å². The number of fused-ring (bicyclic) bond motifs is 1. The first-order chi connectivity index (χ1) is 8.34. The predicted molar refractivity (Wildman–Crippen MR) is 66.3 cm³/mol. The largest absolute Gasteiger partial charge is 0.441 e. The molecule has 1 aromatic carbocycles. The summed E-state index contributed by atoms with van der Waals surface area (Å²) < 4.78 is 5.10. The maximum absolute atomic E-state index is 11.4. The molecule has 3 rings (SSSR count). The number of para-hydroxylation sites is 1. The SMILES string of the molecule is O=c1nc(N2CCCCC2)c2ccccc2o1. The smallest absolute Gasteiger partial charge is 0.408 e. The van der Waals surface area contributed by atoms with E-state index >= 15 is 0 Å². The molecule has 0 atom stereocenters. The maximum atomic E-state index is 11.4. The third-order valence-corrected chi connectivity index (χ3v) is 3.18. The van der Waals surface area contributed by atoms with E-state index in [1.807, 2.05) is 24.3 Å². The maximum Gasteiger partial charge on any atom is 0.441 e. The van der Waals surface area contributed by atoms with E-state index < -0.39 is 5.76 Å². The highest BCUT2D eigenvalue weighted by atomic mass is 16.4. The second kappa shape index (κ2) is 4.20. The van der Waals surface area contributed by atoms with Crippen LogP contribution < -0.4 is 10.7 Å². The fraction of sp³-hybridized carbons (Fsp3) is 0.385. The van der Waals surface area contributed by atoms with Crippen molar-refractivity contribution in [1.29, 1.82) is 0 Å². The molecule has 0 unspecified atom stereocenters. The van der Waals surface area contributed by atoms with Gasteiger partial charge in [0.05, 0.1) is 5.39 Å². The predicted octanol–water partition coefficient (Wildman–Crippen LogP) is 2.18. The Morgan fingerprint density at radius 2 is 1.88 bits per heavy atom. The van der Waals surface area contributed by atoms with Crippen molar-refractivity contribution in [1.82, 2.24) is 4.98 Å². The summed E-state index contributed by atoms with van der Waals surface area (Å²) in [6.07, 6.45) is 3.59. The molecule has 4 heteroatoms. The van der Waals surface area contributed by atoms with Crippen molar-refractivity contribution in [3.63, 3.8) is 0 Å². The van der Waals surface area contributed by atoms with Crippen molar-refractivity contribution in [2.45, 2.75) is 19.3 Å². The van der Waals surface area contributed by atoms with Crippen LogP contribution >= 0.6 is 0 Å². The Labute approximate surface area is 98.9 Å². The lowest BCUT2D eigenvalue weighted by atomic mass is 10.1. The minimum absolute atomic E-state index is 0.510. The second-order valence-corrected chi connectivity index (χ2v) is 4.35. The molecule has 1 aliphatic rings. The van der Waals surface area contributed by atoms with Gasteiger partial charge < -0.3 is 9.32 Å². The lowest BCUT2D eigenvalue weighted by Crippen LogP contribution is -2.31. The Hall–Kier alpha value is -1.84. The van der Waals surface area contributed by atoms with Crippen molar-refractivity contribution in [2.75, 3.05) is 18.0 Å². The van der Waals surface area contributed by atoms with Gasteiger partial charge in [0.25, 0.3) is 0 Å². The fourth-order valence-electron chi connectivity index (χ4n) is 2.35. The molecule has 0 bridgehead atoms. The van der Waals surface area contributed by atoms with E-state index in [1.54, 1.807) is 0 Å². The van der Waals surface area contributed by atoms with Crippen LogP contribution in [0.3, 0.4) is 0 Å². The van der Waals surface area contributed by atoms with Crippen molar-refractivity contribution in [3.05, 3.63) is 34.8 Å². The highest BCUT2D eigenvalue weighted by Crippen LogP contribution is 2.25. The molecular formula is C13H14N2O2. The molecule has 1 saturated heterocycles. The average molecular weight is 230 g/mol. The van der Waals surface area contributed by atoms with Gasteiger partial charge in [0.1, 0.15) is 11.4 Å². The van der Waals surface area contributed by atoms with Gasteiger partial charge in [-0.25, -0.2) is 4.79 Å². The van der Waals surface area contributed by atoms with Gasteiger partial charge in [0, 0.05) is 13.1 Å². The number of hydrogen-bond acceptors (Lipinski definition) is 4. The second-order valence-electron chi connectivity index (χ2n) is 4.35. The summed E-state index contributed by atoms with van der Waals surface area (Å²) in [7, 11) is 0. The zero-order chi connectivity index (χ0) is 11.7. The highest BCUT2D eigenvalue weighted by Gasteiger charge is 2.16. The van der Waals surface area contributed by atoms with Gasteiger partial charge in [-0.2, -0.15) is 4.98 Å². The highest BCUT2D eigenvalue weighted by molar-refractivity contribution is 5.87. The van der Waals surface area contributed by atoms with Crippen LogP contribution in [0, 0.1) is 0 Å². The molecule has 0 aliphatic carbocycles. The Morgan fingerprint density at radius 3 is 2.71 bits per heavy atom. The Morgan fingerprint density at radius 1 is 1.12 bits per heavy atom. The molecule has 0 saturated carbocycles. The van der Waals surface area contributed by atoms with Gasteiger partial charge in [-0.15, -0.1) is 0 Å². The van der Waals surface area contributed by atoms with E-state index in [0.29, 0.717) is 5.58 Å². The molecule has 2 aromatic rings. The van der Waals surface area contributed by atoms with Gasteiger partial charge >= 0.3 is 5.76 Å². The van der Waals surface area contributed by atoms with Crippen LogP contribution in [0.1, 0.15) is 19.3 Å². The Balaban J connectivity index is 2.16. The molecule has 88 valence electrons. The van der Waals surface area contributed by atoms with E-state index in [4.69, 9.17) is 4.42 Å². The molecule has 0 N–H and O–H groups in total. The average Bonchev–Trinajstić information content (AvgIpc) is 2.39. The molecule has 1 fully saturated rings. The zero-order valence-corrected chi connectivity index (χ0v) is 9.56. The summed E-state index contributed by atoms with van der Waals surface area (Å²) in [5.74, 6) is 0.265. The third kappa shape index (κ3) is 1.90. The van der Waals surface area contributed by atoms with Crippen molar-refractivity contribution in [3.8, 4) is 0 Å².